The van der Waals surface area contributed by atoms with Gasteiger partial charge in [0, 0.05) is 5.02 Å². The molecule has 0 aliphatic carbocycles. The van der Waals surface area contributed by atoms with E-state index in [1.807, 2.05) is 37.3 Å². The number of halogens is 1. The summed E-state index contributed by atoms with van der Waals surface area (Å²) in [5.74, 6) is 0. The molecule has 74 valence electrons. The van der Waals surface area contributed by atoms with Crippen molar-refractivity contribution >= 4 is 17.7 Å². The Morgan fingerprint density at radius 2 is 2.07 bits per heavy atom. The third-order valence-electron chi connectivity index (χ3n) is 1.93. The molecule has 0 radical (unpaired) electrons. The van der Waals surface area contributed by atoms with Crippen molar-refractivity contribution in [2.24, 2.45) is 5.18 Å². The van der Waals surface area contributed by atoms with E-state index in [2.05, 4.69) is 5.18 Å². The predicted molar refractivity (Wildman–Crippen MR) is 60.4 cm³/mol. The maximum absolute atomic E-state index is 10.3. The number of rotatable bonds is 4. The Hall–Kier alpha value is -1.15. The first kappa shape index (κ1) is 10.9. The average Bonchev–Trinajstić information content (AvgIpc) is 2.22. The van der Waals surface area contributed by atoms with E-state index in [1.165, 1.54) is 0 Å². The molecule has 0 spiro atoms. The number of hydrogen-bond acceptors (Lipinski definition) is 2. The van der Waals surface area contributed by atoms with Gasteiger partial charge in [0.15, 0.2) is 0 Å². The monoisotopic (exact) mass is 209 g/mol. The van der Waals surface area contributed by atoms with Crippen LogP contribution < -0.4 is 0 Å². The second-order valence-corrected chi connectivity index (χ2v) is 3.43. The van der Waals surface area contributed by atoms with Gasteiger partial charge in [0.1, 0.15) is 6.04 Å². The largest absolute Gasteiger partial charge is 0.150 e. The predicted octanol–water partition coefficient (Wildman–Crippen LogP) is 3.90. The molecule has 1 aromatic rings. The molecule has 0 N–H and O–H groups in total. The minimum absolute atomic E-state index is 0.231. The molecule has 14 heavy (non-hydrogen) atoms. The van der Waals surface area contributed by atoms with Crippen LogP contribution in [-0.4, -0.2) is 6.04 Å². The summed E-state index contributed by atoms with van der Waals surface area (Å²) >= 11 is 5.74. The highest BCUT2D eigenvalue weighted by molar-refractivity contribution is 6.30. The van der Waals surface area contributed by atoms with Crippen molar-refractivity contribution in [1.82, 2.24) is 0 Å². The molecule has 1 unspecified atom stereocenters. The summed E-state index contributed by atoms with van der Waals surface area (Å²) in [6.45, 7) is 1.93. The Bertz CT molecular complexity index is 319. The minimum atomic E-state index is -0.231. The van der Waals surface area contributed by atoms with Crippen LogP contribution in [0.2, 0.25) is 5.02 Å². The van der Waals surface area contributed by atoms with Crippen LogP contribution in [0.5, 0.6) is 0 Å². The molecule has 1 rings (SSSR count). The molecule has 0 heterocycles. The first-order valence-electron chi connectivity index (χ1n) is 4.52. The third-order valence-corrected chi connectivity index (χ3v) is 2.19. The summed E-state index contributed by atoms with van der Waals surface area (Å²) in [5.41, 5.74) is 1.02. The summed E-state index contributed by atoms with van der Waals surface area (Å²) < 4.78 is 0. The van der Waals surface area contributed by atoms with Gasteiger partial charge in [-0.25, -0.2) is 0 Å². The fraction of sp³-hybridized carbons (Fsp3) is 0.273. The van der Waals surface area contributed by atoms with Crippen LogP contribution in [0.4, 0.5) is 0 Å². The highest BCUT2D eigenvalue weighted by Crippen LogP contribution is 2.11. The fourth-order valence-corrected chi connectivity index (χ4v) is 1.17. The Labute approximate surface area is 88.6 Å². The van der Waals surface area contributed by atoms with E-state index < -0.39 is 0 Å². The third kappa shape index (κ3) is 3.30. The molecule has 0 aromatic heterocycles. The fourth-order valence-electron chi connectivity index (χ4n) is 1.04. The molecule has 3 heteroatoms. The van der Waals surface area contributed by atoms with Crippen molar-refractivity contribution in [3.63, 3.8) is 0 Å². The molecule has 0 amide bonds. The molecule has 0 saturated heterocycles. The van der Waals surface area contributed by atoms with Gasteiger partial charge in [-0.3, -0.25) is 0 Å². The van der Waals surface area contributed by atoms with Crippen molar-refractivity contribution in [1.29, 1.82) is 0 Å². The molecular formula is C11H12ClNO. The van der Waals surface area contributed by atoms with Gasteiger partial charge in [-0.05, 0) is 24.1 Å². The summed E-state index contributed by atoms with van der Waals surface area (Å²) in [7, 11) is 0. The Morgan fingerprint density at radius 3 is 2.57 bits per heavy atom. The molecule has 2 nitrogen and oxygen atoms in total. The van der Waals surface area contributed by atoms with Gasteiger partial charge in [0.2, 0.25) is 0 Å². The van der Waals surface area contributed by atoms with Gasteiger partial charge >= 0.3 is 0 Å². The molecule has 0 aliphatic rings. The van der Waals surface area contributed by atoms with Gasteiger partial charge in [-0.1, -0.05) is 48.0 Å². The van der Waals surface area contributed by atoms with Crippen LogP contribution in [0.1, 0.15) is 18.9 Å². The van der Waals surface area contributed by atoms with Gasteiger partial charge in [0.25, 0.3) is 0 Å². The molecule has 0 saturated carbocycles. The van der Waals surface area contributed by atoms with Gasteiger partial charge in [0.05, 0.1) is 0 Å². The first-order valence-corrected chi connectivity index (χ1v) is 4.90. The van der Waals surface area contributed by atoms with Crippen LogP contribution >= 0.6 is 11.6 Å². The second kappa shape index (κ2) is 5.55. The van der Waals surface area contributed by atoms with E-state index in [9.17, 15) is 4.91 Å². The smallest absolute Gasteiger partial charge is 0.110 e. The number of hydrogen-bond donors (Lipinski definition) is 0. The van der Waals surface area contributed by atoms with Crippen molar-refractivity contribution in [2.45, 2.75) is 19.4 Å². The van der Waals surface area contributed by atoms with Gasteiger partial charge in [-0.2, -0.15) is 4.91 Å². The summed E-state index contributed by atoms with van der Waals surface area (Å²) in [4.78, 5) is 10.3. The van der Waals surface area contributed by atoms with Gasteiger partial charge in [-0.15, -0.1) is 0 Å². The van der Waals surface area contributed by atoms with Crippen molar-refractivity contribution in [3.05, 3.63) is 45.8 Å². The lowest BCUT2D eigenvalue weighted by Crippen LogP contribution is -1.94. The maximum atomic E-state index is 10.3. The Kier molecular flexibility index (Phi) is 4.33. The van der Waals surface area contributed by atoms with E-state index in [4.69, 9.17) is 11.6 Å². The summed E-state index contributed by atoms with van der Waals surface area (Å²) in [6.07, 6.45) is 4.41. The first-order chi connectivity index (χ1) is 6.76. The highest BCUT2D eigenvalue weighted by Gasteiger charge is 1.98. The lowest BCUT2D eigenvalue weighted by molar-refractivity contribution is 0.781. The van der Waals surface area contributed by atoms with Crippen LogP contribution in [0.15, 0.2) is 35.5 Å². The Morgan fingerprint density at radius 1 is 1.43 bits per heavy atom. The van der Waals surface area contributed by atoms with E-state index in [1.54, 1.807) is 6.08 Å². The quantitative estimate of drug-likeness (QED) is 0.692. The standard InChI is InChI=1S/C11H12ClNO/c1-2-11(13-14)8-5-9-3-6-10(12)7-4-9/h3-8,11H,2H2,1H3. The zero-order chi connectivity index (χ0) is 10.4. The van der Waals surface area contributed by atoms with E-state index >= 15 is 0 Å². The molecule has 1 aromatic carbocycles. The van der Waals surface area contributed by atoms with E-state index in [0.29, 0.717) is 5.02 Å². The number of benzene rings is 1. The van der Waals surface area contributed by atoms with Crippen LogP contribution in [-0.2, 0) is 0 Å². The van der Waals surface area contributed by atoms with Crippen molar-refractivity contribution < 1.29 is 0 Å². The van der Waals surface area contributed by atoms with Crippen LogP contribution in [0, 0.1) is 4.91 Å². The zero-order valence-corrected chi connectivity index (χ0v) is 8.74. The Balaban J connectivity index is 2.67. The molecule has 0 fully saturated rings. The average molecular weight is 210 g/mol. The lowest BCUT2D eigenvalue weighted by Gasteiger charge is -1.97. The number of nitrogens with zero attached hydrogens (tertiary/aromatic N) is 1. The van der Waals surface area contributed by atoms with Crippen molar-refractivity contribution in [2.75, 3.05) is 0 Å². The number of nitroso groups, excluding NO2 is 1. The topological polar surface area (TPSA) is 29.4 Å². The molecular weight excluding hydrogens is 198 g/mol. The SMILES string of the molecule is CCC(C=Cc1ccc(Cl)cc1)N=O. The highest BCUT2D eigenvalue weighted by atomic mass is 35.5. The molecule has 0 aliphatic heterocycles. The maximum Gasteiger partial charge on any atom is 0.110 e. The van der Waals surface area contributed by atoms with E-state index in [-0.39, 0.29) is 6.04 Å². The summed E-state index contributed by atoms with van der Waals surface area (Å²) in [5, 5.41) is 3.69. The molecule has 0 bridgehead atoms. The summed E-state index contributed by atoms with van der Waals surface area (Å²) in [6, 6.07) is 7.20. The van der Waals surface area contributed by atoms with Crippen LogP contribution in [0.3, 0.4) is 0 Å². The van der Waals surface area contributed by atoms with Gasteiger partial charge < -0.3 is 0 Å². The minimum Gasteiger partial charge on any atom is -0.150 e. The lowest BCUT2D eigenvalue weighted by atomic mass is 10.1. The zero-order valence-electron chi connectivity index (χ0n) is 7.98. The normalized spacial score (nSPS) is 13.0. The second-order valence-electron chi connectivity index (χ2n) is 2.99. The molecule has 1 atom stereocenters. The van der Waals surface area contributed by atoms with E-state index in [0.717, 1.165) is 12.0 Å². The van der Waals surface area contributed by atoms with Crippen molar-refractivity contribution in [3.8, 4) is 0 Å². The van der Waals surface area contributed by atoms with Crippen LogP contribution in [0.25, 0.3) is 6.08 Å².